The molecule has 23 heavy (non-hydrogen) atoms. The predicted octanol–water partition coefficient (Wildman–Crippen LogP) is 2.89. The molecule has 1 aliphatic heterocycles. The molecule has 1 aromatic carbocycles. The number of phenolic OH excluding ortho intramolecular Hbond substituents is 1. The zero-order chi connectivity index (χ0) is 17.0. The van der Waals surface area contributed by atoms with Crippen LogP contribution in [0.5, 0.6) is 5.75 Å². The third kappa shape index (κ3) is 2.56. The number of benzene rings is 1. The maximum Gasteiger partial charge on any atom is 0.445 e. The lowest BCUT2D eigenvalue weighted by molar-refractivity contribution is -0.239. The van der Waals surface area contributed by atoms with Gasteiger partial charge in [-0.1, -0.05) is 17.5 Å². The van der Waals surface area contributed by atoms with E-state index in [1.807, 2.05) is 11.2 Å². The van der Waals surface area contributed by atoms with Gasteiger partial charge in [-0.2, -0.15) is 13.2 Å². The van der Waals surface area contributed by atoms with Gasteiger partial charge >= 0.3 is 12.3 Å². The van der Waals surface area contributed by atoms with Crippen molar-refractivity contribution in [1.82, 2.24) is 0 Å². The fraction of sp³-hybridized carbons (Fsp3) is 0.357. The zero-order valence-electron chi connectivity index (χ0n) is 11.3. The number of phenols is 1. The van der Waals surface area contributed by atoms with Crippen LogP contribution in [-0.4, -0.2) is 28.1 Å². The number of halogens is 4. The minimum absolute atomic E-state index is 0.193. The first-order valence-electron chi connectivity index (χ1n) is 6.43. The zero-order valence-corrected chi connectivity index (χ0v) is 12.0. The number of hydrogen-bond acceptors (Lipinski definition) is 4. The van der Waals surface area contributed by atoms with Gasteiger partial charge in [-0.3, -0.25) is 5.32 Å². The topological polar surface area (TPSA) is 78.8 Å². The number of rotatable bonds is 0. The summed E-state index contributed by atoms with van der Waals surface area (Å²) in [5.41, 5.74) is -5.98. The van der Waals surface area contributed by atoms with E-state index < -0.39 is 40.5 Å². The Hall–Kier alpha value is -2.11. The Morgan fingerprint density at radius 1 is 1.30 bits per heavy atom. The van der Waals surface area contributed by atoms with Gasteiger partial charge < -0.3 is 14.9 Å². The van der Waals surface area contributed by atoms with Crippen molar-refractivity contribution in [3.8, 4) is 17.6 Å². The summed E-state index contributed by atoms with van der Waals surface area (Å²) in [5.74, 6) is 3.30. The molecule has 0 radical (unpaired) electrons. The predicted molar refractivity (Wildman–Crippen MR) is 72.9 cm³/mol. The molecular formula is C14H9ClF3NO4. The molecular weight excluding hydrogens is 339 g/mol. The number of nitrogens with one attached hydrogen (secondary N) is 1. The molecule has 1 amide bonds. The lowest BCUT2D eigenvalue weighted by Crippen LogP contribution is -2.49. The van der Waals surface area contributed by atoms with Gasteiger partial charge in [0.05, 0.1) is 5.69 Å². The van der Waals surface area contributed by atoms with Crippen LogP contribution in [0, 0.1) is 11.8 Å². The third-order valence-electron chi connectivity index (χ3n) is 3.53. The van der Waals surface area contributed by atoms with Crippen molar-refractivity contribution in [3.63, 3.8) is 0 Å². The molecule has 0 aromatic heterocycles. The minimum atomic E-state index is -5.12. The summed E-state index contributed by atoms with van der Waals surface area (Å²) in [6.45, 7) is 0. The highest BCUT2D eigenvalue weighted by atomic mass is 35.5. The van der Waals surface area contributed by atoms with Gasteiger partial charge in [0.15, 0.2) is 0 Å². The average molecular weight is 348 g/mol. The summed E-state index contributed by atoms with van der Waals surface area (Å²) in [5, 5.41) is 21.3. The Kier molecular flexibility index (Phi) is 3.22. The lowest BCUT2D eigenvalue weighted by Gasteiger charge is -2.36. The van der Waals surface area contributed by atoms with Crippen LogP contribution in [-0.2, 0) is 10.3 Å². The third-order valence-corrected chi connectivity index (χ3v) is 3.75. The van der Waals surface area contributed by atoms with Gasteiger partial charge in [0.1, 0.15) is 11.4 Å². The smallest absolute Gasteiger partial charge is 0.445 e. The lowest BCUT2D eigenvalue weighted by atomic mass is 9.89. The van der Waals surface area contributed by atoms with Crippen molar-refractivity contribution >= 4 is 23.4 Å². The standard InChI is InChI=1S/C14H9ClF3NO4/c15-7-5-8-10(9(20)6-7)19-11(21)23-13(8,14(16,17)18)4-3-12(22)1-2-12/h5-6,20,22H,1-2H2,(H,19,21)/t13-/m0/s1. The first kappa shape index (κ1) is 15.8. The van der Waals surface area contributed by atoms with Gasteiger partial charge in [0.2, 0.25) is 0 Å². The second-order valence-electron chi connectivity index (χ2n) is 5.32. The molecule has 1 atom stereocenters. The fourth-order valence-electron chi connectivity index (χ4n) is 2.15. The normalized spacial score (nSPS) is 24.7. The Balaban J connectivity index is 2.28. The van der Waals surface area contributed by atoms with Crippen LogP contribution in [0.1, 0.15) is 18.4 Å². The first-order valence-corrected chi connectivity index (χ1v) is 6.81. The number of fused-ring (bicyclic) bond motifs is 1. The maximum atomic E-state index is 13.7. The van der Waals surface area contributed by atoms with Crippen LogP contribution in [0.15, 0.2) is 12.1 Å². The van der Waals surface area contributed by atoms with E-state index in [2.05, 4.69) is 10.7 Å². The summed E-state index contributed by atoms with van der Waals surface area (Å²) in [6, 6.07) is 1.88. The molecule has 0 unspecified atom stereocenters. The Labute approximate surface area is 133 Å². The number of alkyl halides is 3. The van der Waals surface area contributed by atoms with Crippen molar-refractivity contribution in [2.75, 3.05) is 5.32 Å². The first-order chi connectivity index (χ1) is 10.6. The molecule has 3 N–H and O–H groups in total. The van der Waals surface area contributed by atoms with Gasteiger partial charge in [0, 0.05) is 16.7 Å². The SMILES string of the molecule is O=C1Nc2c(O)cc(Cl)cc2[C@@](C#CC2(O)CC2)(C(F)(F)F)O1. The molecule has 1 aromatic rings. The average Bonchev–Trinajstić information content (AvgIpc) is 3.14. The number of aliphatic hydroxyl groups is 1. The summed E-state index contributed by atoms with van der Waals surface area (Å²) in [6.07, 6.45) is -6.08. The van der Waals surface area contributed by atoms with Crippen LogP contribution in [0.4, 0.5) is 23.7 Å². The Morgan fingerprint density at radius 2 is 1.96 bits per heavy atom. The molecule has 1 heterocycles. The molecule has 2 aliphatic rings. The van der Waals surface area contributed by atoms with Gasteiger partial charge in [-0.05, 0) is 24.8 Å². The number of cyclic esters (lactones) is 1. The van der Waals surface area contributed by atoms with Gasteiger partial charge in [-0.15, -0.1) is 0 Å². The molecule has 1 saturated carbocycles. The summed E-state index contributed by atoms with van der Waals surface area (Å²) < 4.78 is 45.5. The molecule has 9 heteroatoms. The highest BCUT2D eigenvalue weighted by Gasteiger charge is 2.62. The number of aromatic hydroxyl groups is 1. The summed E-state index contributed by atoms with van der Waals surface area (Å²) in [4.78, 5) is 11.6. The van der Waals surface area contributed by atoms with Crippen molar-refractivity contribution in [2.24, 2.45) is 0 Å². The highest BCUT2D eigenvalue weighted by molar-refractivity contribution is 6.31. The second-order valence-corrected chi connectivity index (χ2v) is 5.76. The molecule has 0 spiro atoms. The van der Waals surface area contributed by atoms with Crippen LogP contribution < -0.4 is 5.32 Å². The maximum absolute atomic E-state index is 13.7. The summed E-state index contributed by atoms with van der Waals surface area (Å²) in [7, 11) is 0. The molecule has 122 valence electrons. The number of anilines is 1. The van der Waals surface area contributed by atoms with Crippen LogP contribution in [0.2, 0.25) is 5.02 Å². The van der Waals surface area contributed by atoms with E-state index in [9.17, 15) is 28.2 Å². The van der Waals surface area contributed by atoms with Crippen molar-refractivity contribution in [1.29, 1.82) is 0 Å². The molecule has 3 rings (SSSR count). The highest BCUT2D eigenvalue weighted by Crippen LogP contribution is 2.50. The van der Waals surface area contributed by atoms with E-state index in [4.69, 9.17) is 11.6 Å². The number of carbonyl (C=O) groups is 1. The van der Waals surface area contributed by atoms with Gasteiger partial charge in [0.25, 0.3) is 5.60 Å². The van der Waals surface area contributed by atoms with Crippen molar-refractivity contribution in [2.45, 2.75) is 30.2 Å². The molecule has 1 aliphatic carbocycles. The van der Waals surface area contributed by atoms with Crippen LogP contribution in [0.25, 0.3) is 0 Å². The summed E-state index contributed by atoms with van der Waals surface area (Å²) >= 11 is 5.70. The largest absolute Gasteiger partial charge is 0.506 e. The molecule has 0 bridgehead atoms. The van der Waals surface area contributed by atoms with E-state index in [1.165, 1.54) is 0 Å². The molecule has 0 saturated heterocycles. The second kappa shape index (κ2) is 4.69. The van der Waals surface area contributed by atoms with Crippen LogP contribution in [0.3, 0.4) is 0 Å². The molecule has 1 fully saturated rings. The van der Waals surface area contributed by atoms with E-state index in [0.717, 1.165) is 12.1 Å². The van der Waals surface area contributed by atoms with E-state index in [1.54, 1.807) is 0 Å². The molecule has 5 nitrogen and oxygen atoms in total. The van der Waals surface area contributed by atoms with Crippen molar-refractivity contribution < 1.29 is 32.9 Å². The number of carbonyl (C=O) groups excluding carboxylic acids is 1. The Morgan fingerprint density at radius 3 is 2.52 bits per heavy atom. The fourth-order valence-corrected chi connectivity index (χ4v) is 2.36. The monoisotopic (exact) mass is 347 g/mol. The number of ether oxygens (including phenoxy) is 1. The number of hydrogen-bond donors (Lipinski definition) is 3. The van der Waals surface area contributed by atoms with E-state index >= 15 is 0 Å². The van der Waals surface area contributed by atoms with E-state index in [-0.39, 0.29) is 17.9 Å². The number of amides is 1. The van der Waals surface area contributed by atoms with Gasteiger partial charge in [-0.25, -0.2) is 4.79 Å². The van der Waals surface area contributed by atoms with Crippen LogP contribution >= 0.6 is 11.6 Å². The Bertz CT molecular complexity index is 764. The van der Waals surface area contributed by atoms with Crippen molar-refractivity contribution in [3.05, 3.63) is 22.7 Å². The minimum Gasteiger partial charge on any atom is -0.506 e. The van der Waals surface area contributed by atoms with E-state index in [0.29, 0.717) is 0 Å². The quantitative estimate of drug-likeness (QED) is 0.498.